The number of carbonyl (C=O) groups is 1. The van der Waals surface area contributed by atoms with Gasteiger partial charge in [-0.2, -0.15) is 10.2 Å². The van der Waals surface area contributed by atoms with Crippen LogP contribution in [0.4, 0.5) is 0 Å². The van der Waals surface area contributed by atoms with Gasteiger partial charge in [-0.1, -0.05) is 13.3 Å². The van der Waals surface area contributed by atoms with Crippen molar-refractivity contribution in [2.75, 3.05) is 0 Å². The molecule has 3 aromatic heterocycles. The van der Waals surface area contributed by atoms with Gasteiger partial charge in [-0.3, -0.25) is 9.48 Å². The van der Waals surface area contributed by atoms with Gasteiger partial charge < -0.3 is 5.32 Å². The molecule has 3 heterocycles. The third kappa shape index (κ3) is 3.85. The van der Waals surface area contributed by atoms with E-state index in [1.54, 1.807) is 0 Å². The number of hydrogen-bond acceptors (Lipinski definition) is 4. The van der Waals surface area contributed by atoms with Crippen LogP contribution in [0.3, 0.4) is 0 Å². The summed E-state index contributed by atoms with van der Waals surface area (Å²) in [6.45, 7) is 11.8. The van der Waals surface area contributed by atoms with Crippen molar-refractivity contribution in [1.29, 1.82) is 0 Å². The quantitative estimate of drug-likeness (QED) is 0.598. The maximum atomic E-state index is 13.4. The predicted octanol–water partition coefficient (Wildman–Crippen LogP) is 4.43. The summed E-state index contributed by atoms with van der Waals surface area (Å²) >= 11 is 0. The van der Waals surface area contributed by atoms with E-state index in [4.69, 9.17) is 10.1 Å². The van der Waals surface area contributed by atoms with E-state index in [0.717, 1.165) is 72.5 Å². The molecule has 160 valence electrons. The van der Waals surface area contributed by atoms with E-state index in [9.17, 15) is 4.79 Å². The minimum absolute atomic E-state index is 0.0708. The summed E-state index contributed by atoms with van der Waals surface area (Å²) in [7, 11) is 0. The van der Waals surface area contributed by atoms with Crippen molar-refractivity contribution in [3.8, 4) is 0 Å². The maximum Gasteiger partial charge on any atom is 0.252 e. The van der Waals surface area contributed by atoms with Crippen LogP contribution in [0.15, 0.2) is 12.3 Å². The van der Waals surface area contributed by atoms with Gasteiger partial charge >= 0.3 is 0 Å². The first kappa shape index (κ1) is 20.6. The van der Waals surface area contributed by atoms with Crippen LogP contribution < -0.4 is 5.32 Å². The smallest absolute Gasteiger partial charge is 0.252 e. The van der Waals surface area contributed by atoms with Gasteiger partial charge in [0.05, 0.1) is 28.4 Å². The Bertz CT molecular complexity index is 1080. The number of nitrogens with zero attached hydrogens (tertiary/aromatic N) is 5. The minimum atomic E-state index is -0.124. The second-order valence-electron chi connectivity index (χ2n) is 8.45. The molecule has 30 heavy (non-hydrogen) atoms. The molecule has 1 N–H and O–H groups in total. The molecule has 0 bridgehead atoms. The summed E-state index contributed by atoms with van der Waals surface area (Å²) in [5.74, 6) is 0.400. The number of pyridine rings is 1. The fourth-order valence-corrected chi connectivity index (χ4v) is 4.08. The predicted molar refractivity (Wildman–Crippen MR) is 118 cm³/mol. The van der Waals surface area contributed by atoms with E-state index in [-0.39, 0.29) is 11.9 Å². The average molecular weight is 409 g/mol. The molecule has 1 aliphatic rings. The summed E-state index contributed by atoms with van der Waals surface area (Å²) < 4.78 is 3.89. The molecule has 1 saturated carbocycles. The number of amides is 1. The molecule has 1 amide bonds. The van der Waals surface area contributed by atoms with E-state index in [1.165, 1.54) is 0 Å². The molecule has 0 spiro atoms. The van der Waals surface area contributed by atoms with Gasteiger partial charge in [0.1, 0.15) is 0 Å². The van der Waals surface area contributed by atoms with Gasteiger partial charge in [-0.15, -0.1) is 0 Å². The zero-order valence-electron chi connectivity index (χ0n) is 18.7. The molecule has 7 heteroatoms. The highest BCUT2D eigenvalue weighted by molar-refractivity contribution is 6.06. The van der Waals surface area contributed by atoms with Crippen molar-refractivity contribution < 1.29 is 4.79 Å². The van der Waals surface area contributed by atoms with Crippen molar-refractivity contribution in [3.05, 3.63) is 40.5 Å². The van der Waals surface area contributed by atoms with E-state index in [0.29, 0.717) is 11.5 Å². The Hall–Kier alpha value is -2.70. The molecule has 7 nitrogen and oxygen atoms in total. The van der Waals surface area contributed by atoms with Crippen LogP contribution in [0.1, 0.15) is 91.4 Å². The first-order valence-electron chi connectivity index (χ1n) is 11.2. The van der Waals surface area contributed by atoms with Crippen LogP contribution >= 0.6 is 0 Å². The first-order valence-corrected chi connectivity index (χ1v) is 11.2. The SMILES string of the molecule is CCCCn1nc(C)c2c(C(=O)N[C@@H](C)c3cn(CC)nc3C)cc(C3CC3)nc21. The van der Waals surface area contributed by atoms with E-state index in [1.807, 2.05) is 42.4 Å². The third-order valence-electron chi connectivity index (χ3n) is 5.98. The second-order valence-corrected chi connectivity index (χ2v) is 8.45. The number of rotatable bonds is 8. The van der Waals surface area contributed by atoms with Crippen molar-refractivity contribution in [1.82, 2.24) is 29.9 Å². The Morgan fingerprint density at radius 3 is 2.63 bits per heavy atom. The summed E-state index contributed by atoms with van der Waals surface area (Å²) in [6.07, 6.45) is 6.45. The second kappa shape index (κ2) is 8.20. The Kier molecular flexibility index (Phi) is 5.62. The summed E-state index contributed by atoms with van der Waals surface area (Å²) in [6, 6.07) is 1.87. The average Bonchev–Trinajstić information content (AvgIpc) is 3.44. The van der Waals surface area contributed by atoms with Crippen molar-refractivity contribution >= 4 is 16.9 Å². The number of aromatic nitrogens is 5. The van der Waals surface area contributed by atoms with Crippen LogP contribution in [0, 0.1) is 13.8 Å². The Balaban J connectivity index is 1.70. The number of unbranched alkanes of at least 4 members (excludes halogenated alkanes) is 1. The van der Waals surface area contributed by atoms with Gasteiger partial charge in [0.2, 0.25) is 0 Å². The van der Waals surface area contributed by atoms with Gasteiger partial charge in [0.25, 0.3) is 5.91 Å². The molecule has 3 aromatic rings. The highest BCUT2D eigenvalue weighted by Gasteiger charge is 2.29. The van der Waals surface area contributed by atoms with Gasteiger partial charge in [0, 0.05) is 36.5 Å². The fourth-order valence-electron chi connectivity index (χ4n) is 4.08. The standard InChI is InChI=1S/C23H32N6O/c1-6-8-11-29-22-21(16(5)27-29)18(12-20(25-22)17-9-10-17)23(30)24-14(3)19-13-28(7-2)26-15(19)4/h12-14,17H,6-11H2,1-5H3,(H,24,30)/t14-/m0/s1. The maximum absolute atomic E-state index is 13.4. The minimum Gasteiger partial charge on any atom is -0.345 e. The molecule has 0 aromatic carbocycles. The third-order valence-corrected chi connectivity index (χ3v) is 5.98. The Labute approximate surface area is 177 Å². The lowest BCUT2D eigenvalue weighted by Crippen LogP contribution is -2.27. The Morgan fingerprint density at radius 2 is 2.00 bits per heavy atom. The molecule has 0 aliphatic heterocycles. The Morgan fingerprint density at radius 1 is 1.23 bits per heavy atom. The van der Waals surface area contributed by atoms with Crippen molar-refractivity contribution in [2.45, 2.75) is 85.4 Å². The summed E-state index contributed by atoms with van der Waals surface area (Å²) in [5.41, 5.74) is 5.42. The molecular weight excluding hydrogens is 376 g/mol. The molecule has 1 atom stereocenters. The van der Waals surface area contributed by atoms with Crippen LogP contribution in [-0.4, -0.2) is 30.5 Å². The zero-order chi connectivity index (χ0) is 21.4. The van der Waals surface area contributed by atoms with Crippen LogP contribution in [0.25, 0.3) is 11.0 Å². The topological polar surface area (TPSA) is 77.6 Å². The number of carbonyl (C=O) groups excluding carboxylic acids is 1. The van der Waals surface area contributed by atoms with Crippen LogP contribution in [0.2, 0.25) is 0 Å². The van der Waals surface area contributed by atoms with Gasteiger partial charge in [-0.25, -0.2) is 9.67 Å². The van der Waals surface area contributed by atoms with Gasteiger partial charge in [-0.05, 0) is 53.0 Å². The van der Waals surface area contributed by atoms with Crippen molar-refractivity contribution in [3.63, 3.8) is 0 Å². The lowest BCUT2D eigenvalue weighted by molar-refractivity contribution is 0.0941. The van der Waals surface area contributed by atoms with E-state index < -0.39 is 0 Å². The van der Waals surface area contributed by atoms with E-state index in [2.05, 4.69) is 24.3 Å². The van der Waals surface area contributed by atoms with E-state index >= 15 is 0 Å². The molecular formula is C23H32N6O. The molecule has 1 aliphatic carbocycles. The lowest BCUT2D eigenvalue weighted by Gasteiger charge is -2.15. The number of aryl methyl sites for hydroxylation is 4. The zero-order valence-corrected chi connectivity index (χ0v) is 18.7. The highest BCUT2D eigenvalue weighted by atomic mass is 16.1. The molecule has 0 unspecified atom stereocenters. The molecule has 4 rings (SSSR count). The fraction of sp³-hybridized carbons (Fsp3) is 0.565. The first-order chi connectivity index (χ1) is 14.4. The summed E-state index contributed by atoms with van der Waals surface area (Å²) in [4.78, 5) is 18.3. The van der Waals surface area contributed by atoms with Crippen molar-refractivity contribution in [2.24, 2.45) is 0 Å². The number of hydrogen-bond donors (Lipinski definition) is 1. The molecule has 0 radical (unpaired) electrons. The lowest BCUT2D eigenvalue weighted by atomic mass is 10.1. The monoisotopic (exact) mass is 408 g/mol. The highest BCUT2D eigenvalue weighted by Crippen LogP contribution is 2.40. The normalized spacial score (nSPS) is 15.0. The molecule has 0 saturated heterocycles. The molecule has 1 fully saturated rings. The number of fused-ring (bicyclic) bond motifs is 1. The number of nitrogens with one attached hydrogen (secondary N) is 1. The van der Waals surface area contributed by atoms with Gasteiger partial charge in [0.15, 0.2) is 5.65 Å². The van der Waals surface area contributed by atoms with Crippen LogP contribution in [0.5, 0.6) is 0 Å². The largest absolute Gasteiger partial charge is 0.345 e. The summed E-state index contributed by atoms with van der Waals surface area (Å²) in [5, 5.41) is 13.3. The van der Waals surface area contributed by atoms with Crippen LogP contribution in [-0.2, 0) is 13.1 Å².